The first-order chi connectivity index (χ1) is 19.7. The smallest absolute Gasteiger partial charge is 0.220 e. The van der Waals surface area contributed by atoms with Gasteiger partial charge in [-0.05, 0) is 64.7 Å². The van der Waals surface area contributed by atoms with Crippen molar-refractivity contribution in [3.63, 3.8) is 0 Å². The van der Waals surface area contributed by atoms with Gasteiger partial charge in [-0.3, -0.25) is 4.79 Å². The van der Waals surface area contributed by atoms with Crippen molar-refractivity contribution in [2.75, 3.05) is 6.61 Å². The molecule has 0 fully saturated rings. The minimum absolute atomic E-state index is 0.0886. The van der Waals surface area contributed by atoms with Crippen LogP contribution < -0.4 is 5.32 Å². The van der Waals surface area contributed by atoms with Crippen molar-refractivity contribution >= 4 is 5.91 Å². The van der Waals surface area contributed by atoms with Gasteiger partial charge in [0.05, 0.1) is 18.8 Å². The van der Waals surface area contributed by atoms with Crippen LogP contribution in [0.15, 0.2) is 48.6 Å². The molecular formula is C36H65NO3. The first-order valence-corrected chi connectivity index (χ1v) is 16.8. The zero-order valence-corrected chi connectivity index (χ0v) is 26.3. The van der Waals surface area contributed by atoms with E-state index in [-0.39, 0.29) is 12.5 Å². The Morgan fingerprint density at radius 1 is 0.625 bits per heavy atom. The normalized spacial score (nSPS) is 13.8. The molecule has 0 saturated carbocycles. The van der Waals surface area contributed by atoms with E-state index in [0.717, 1.165) is 38.5 Å². The van der Waals surface area contributed by atoms with Crippen LogP contribution in [0.3, 0.4) is 0 Å². The van der Waals surface area contributed by atoms with Gasteiger partial charge in [0.15, 0.2) is 0 Å². The minimum Gasteiger partial charge on any atom is -0.394 e. The molecule has 0 aromatic heterocycles. The van der Waals surface area contributed by atoms with Crippen LogP contribution in [0, 0.1) is 0 Å². The fourth-order valence-electron chi connectivity index (χ4n) is 4.74. The predicted octanol–water partition coefficient (Wildman–Crippen LogP) is 9.67. The summed E-state index contributed by atoms with van der Waals surface area (Å²) in [6.45, 7) is 4.04. The van der Waals surface area contributed by atoms with Crippen LogP contribution in [-0.4, -0.2) is 34.9 Å². The molecule has 2 atom stereocenters. The van der Waals surface area contributed by atoms with Crippen molar-refractivity contribution in [3.05, 3.63) is 48.6 Å². The molecule has 0 saturated heterocycles. The fraction of sp³-hybridized carbons (Fsp3) is 0.750. The van der Waals surface area contributed by atoms with Gasteiger partial charge in [0, 0.05) is 6.42 Å². The highest BCUT2D eigenvalue weighted by atomic mass is 16.3. The Morgan fingerprint density at radius 3 is 1.60 bits per heavy atom. The van der Waals surface area contributed by atoms with Crippen LogP contribution in [0.1, 0.15) is 155 Å². The van der Waals surface area contributed by atoms with Gasteiger partial charge < -0.3 is 15.5 Å². The van der Waals surface area contributed by atoms with Gasteiger partial charge in [0.25, 0.3) is 0 Å². The molecule has 0 heterocycles. The summed E-state index contributed by atoms with van der Waals surface area (Å²) >= 11 is 0. The van der Waals surface area contributed by atoms with Crippen molar-refractivity contribution in [2.24, 2.45) is 0 Å². The largest absolute Gasteiger partial charge is 0.394 e. The molecule has 4 nitrogen and oxygen atoms in total. The lowest BCUT2D eigenvalue weighted by molar-refractivity contribution is -0.123. The average Bonchev–Trinajstić information content (AvgIpc) is 2.96. The molecule has 232 valence electrons. The van der Waals surface area contributed by atoms with E-state index in [2.05, 4.69) is 48.7 Å². The number of hydrogen-bond acceptors (Lipinski definition) is 3. The third-order valence-corrected chi connectivity index (χ3v) is 7.36. The highest BCUT2D eigenvalue weighted by molar-refractivity contribution is 5.76. The average molecular weight is 560 g/mol. The summed E-state index contributed by atoms with van der Waals surface area (Å²) < 4.78 is 0. The van der Waals surface area contributed by atoms with Crippen LogP contribution in [0.2, 0.25) is 0 Å². The van der Waals surface area contributed by atoms with Crippen molar-refractivity contribution in [2.45, 2.75) is 167 Å². The van der Waals surface area contributed by atoms with Crippen LogP contribution >= 0.6 is 0 Å². The molecule has 0 aliphatic heterocycles. The minimum atomic E-state index is -0.868. The predicted molar refractivity (Wildman–Crippen MR) is 175 cm³/mol. The molecular weight excluding hydrogens is 494 g/mol. The van der Waals surface area contributed by atoms with E-state index in [1.807, 2.05) is 13.0 Å². The van der Waals surface area contributed by atoms with Crippen molar-refractivity contribution in [1.29, 1.82) is 0 Å². The van der Waals surface area contributed by atoms with Gasteiger partial charge >= 0.3 is 0 Å². The first-order valence-electron chi connectivity index (χ1n) is 16.8. The van der Waals surface area contributed by atoms with E-state index in [9.17, 15) is 15.0 Å². The van der Waals surface area contributed by atoms with Gasteiger partial charge in [0.1, 0.15) is 0 Å². The summed E-state index contributed by atoms with van der Waals surface area (Å²) in [5, 5.41) is 22.7. The maximum Gasteiger partial charge on any atom is 0.220 e. The van der Waals surface area contributed by atoms with E-state index in [0.29, 0.717) is 6.42 Å². The van der Waals surface area contributed by atoms with E-state index < -0.39 is 12.1 Å². The highest BCUT2D eigenvalue weighted by Crippen LogP contribution is 2.12. The van der Waals surface area contributed by atoms with Crippen molar-refractivity contribution in [3.8, 4) is 0 Å². The lowest BCUT2D eigenvalue weighted by Gasteiger charge is -2.19. The lowest BCUT2D eigenvalue weighted by Crippen LogP contribution is -2.45. The molecule has 2 unspecified atom stereocenters. The molecule has 0 rings (SSSR count). The van der Waals surface area contributed by atoms with Crippen molar-refractivity contribution < 1.29 is 15.0 Å². The van der Waals surface area contributed by atoms with Crippen LogP contribution in [0.25, 0.3) is 0 Å². The number of unbranched alkanes of at least 4 members (excludes halogenated alkanes) is 17. The second-order valence-electron chi connectivity index (χ2n) is 11.2. The summed E-state index contributed by atoms with van der Waals surface area (Å²) in [6, 6.07) is -0.644. The molecule has 0 aromatic rings. The van der Waals surface area contributed by atoms with Gasteiger partial charge in [-0.1, -0.05) is 133 Å². The number of carbonyl (C=O) groups excluding carboxylic acids is 1. The van der Waals surface area contributed by atoms with Crippen LogP contribution in [0.4, 0.5) is 0 Å². The van der Waals surface area contributed by atoms with Gasteiger partial charge in [-0.25, -0.2) is 0 Å². The van der Waals surface area contributed by atoms with Crippen molar-refractivity contribution in [1.82, 2.24) is 5.32 Å². The zero-order valence-electron chi connectivity index (χ0n) is 26.3. The Hall–Kier alpha value is -1.65. The van der Waals surface area contributed by atoms with E-state index in [1.54, 1.807) is 6.08 Å². The number of allylic oxidation sites excluding steroid dienone is 7. The van der Waals surface area contributed by atoms with Gasteiger partial charge in [-0.2, -0.15) is 0 Å². The Kier molecular flexibility index (Phi) is 30.6. The number of hydrogen-bond donors (Lipinski definition) is 3. The molecule has 1 amide bonds. The van der Waals surface area contributed by atoms with E-state index in [1.165, 1.54) is 96.3 Å². The number of amides is 1. The molecule has 0 aliphatic rings. The van der Waals surface area contributed by atoms with E-state index in [4.69, 9.17) is 0 Å². The maximum absolute atomic E-state index is 12.2. The van der Waals surface area contributed by atoms with Crippen LogP contribution in [0.5, 0.6) is 0 Å². The number of nitrogens with one attached hydrogen (secondary N) is 1. The third kappa shape index (κ3) is 27.9. The summed E-state index contributed by atoms with van der Waals surface area (Å²) in [5.41, 5.74) is 0. The molecule has 0 spiro atoms. The fourth-order valence-corrected chi connectivity index (χ4v) is 4.74. The SMILES string of the molecule is C/C=C/CC/C=C/CC/C=C/C(O)C(CO)NC(=O)CCCCCCCCC/C=C\CCCCCCCCCC. The zero-order chi connectivity index (χ0) is 29.4. The van der Waals surface area contributed by atoms with Crippen LogP contribution in [-0.2, 0) is 4.79 Å². The summed E-state index contributed by atoms with van der Waals surface area (Å²) in [4.78, 5) is 12.2. The molecule has 4 heteroatoms. The molecule has 0 bridgehead atoms. The molecule has 0 aromatic carbocycles. The topological polar surface area (TPSA) is 69.6 Å². The number of aliphatic hydroxyl groups excluding tert-OH is 2. The second-order valence-corrected chi connectivity index (χ2v) is 11.2. The molecule has 0 radical (unpaired) electrons. The van der Waals surface area contributed by atoms with E-state index >= 15 is 0 Å². The Morgan fingerprint density at radius 2 is 1.07 bits per heavy atom. The standard InChI is InChI=1S/C36H65NO3/c1-3-5-7-9-11-13-14-15-16-17-18-19-20-21-22-24-26-28-30-32-36(40)37-34(33-38)35(39)31-29-27-25-23-12-10-8-6-4-2/h4,6,12,17-18,23,29,31,34-35,38-39H,3,5,7-11,13-16,19-22,24-28,30,32-33H2,1-2H3,(H,37,40)/b6-4+,18-17-,23-12+,31-29+. The Balaban J connectivity index is 3.63. The van der Waals surface area contributed by atoms with Gasteiger partial charge in [0.2, 0.25) is 5.91 Å². The number of rotatable bonds is 29. The first kappa shape index (κ1) is 38.4. The quantitative estimate of drug-likeness (QED) is 0.0631. The molecule has 0 aliphatic carbocycles. The lowest BCUT2D eigenvalue weighted by atomic mass is 10.1. The number of carbonyl (C=O) groups is 1. The monoisotopic (exact) mass is 559 g/mol. The maximum atomic E-state index is 12.2. The summed E-state index contributed by atoms with van der Waals surface area (Å²) in [5.74, 6) is -0.0886. The Labute approximate surface area is 248 Å². The molecule has 40 heavy (non-hydrogen) atoms. The highest BCUT2D eigenvalue weighted by Gasteiger charge is 2.17. The Bertz CT molecular complexity index is 652. The second kappa shape index (κ2) is 31.9. The van der Waals surface area contributed by atoms with Gasteiger partial charge in [-0.15, -0.1) is 0 Å². The molecule has 3 N–H and O–H groups in total. The number of aliphatic hydroxyl groups is 2. The summed E-state index contributed by atoms with van der Waals surface area (Å²) in [7, 11) is 0. The summed E-state index contributed by atoms with van der Waals surface area (Å²) in [6.07, 6.45) is 42.1. The third-order valence-electron chi connectivity index (χ3n) is 7.36.